The summed E-state index contributed by atoms with van der Waals surface area (Å²) >= 11 is 0. The van der Waals surface area contributed by atoms with Crippen LogP contribution in [0.25, 0.3) is 0 Å². The van der Waals surface area contributed by atoms with E-state index in [1.54, 1.807) is 4.57 Å². The van der Waals surface area contributed by atoms with E-state index in [1.165, 1.54) is 12.7 Å². The van der Waals surface area contributed by atoms with E-state index in [9.17, 15) is 9.90 Å². The minimum atomic E-state index is -0.884. The lowest BCUT2D eigenvalue weighted by Crippen LogP contribution is -2.43. The number of carbonyl (C=O) groups excluding carboxylic acids is 1. The third kappa shape index (κ3) is 3.42. The van der Waals surface area contributed by atoms with Crippen LogP contribution in [0.3, 0.4) is 0 Å². The largest absolute Gasteiger partial charge is 0.380 e. The SMILES string of the molecule is C[C@@H]1CCCCN1C(=O)Cn1cnnc1[C@@H](O)c1ccccc1. The predicted octanol–water partition coefficient (Wildman–Crippen LogP) is 1.76. The fourth-order valence-electron chi connectivity index (χ4n) is 3.09. The van der Waals surface area contributed by atoms with Crippen molar-refractivity contribution in [1.82, 2.24) is 19.7 Å². The second-order valence-corrected chi connectivity index (χ2v) is 6.06. The van der Waals surface area contributed by atoms with Gasteiger partial charge in [0.05, 0.1) is 0 Å². The van der Waals surface area contributed by atoms with Crippen LogP contribution in [0, 0.1) is 0 Å². The number of aliphatic hydroxyl groups is 1. The zero-order chi connectivity index (χ0) is 16.2. The zero-order valence-corrected chi connectivity index (χ0v) is 13.3. The molecule has 6 nitrogen and oxygen atoms in total. The van der Waals surface area contributed by atoms with E-state index >= 15 is 0 Å². The summed E-state index contributed by atoms with van der Waals surface area (Å²) in [5.41, 5.74) is 0.737. The number of aliphatic hydroxyl groups excluding tert-OH is 1. The van der Waals surface area contributed by atoms with Crippen LogP contribution in [0.2, 0.25) is 0 Å². The van der Waals surface area contributed by atoms with Crippen molar-refractivity contribution in [3.63, 3.8) is 0 Å². The molecule has 122 valence electrons. The molecular weight excluding hydrogens is 292 g/mol. The lowest BCUT2D eigenvalue weighted by Gasteiger charge is -2.33. The summed E-state index contributed by atoms with van der Waals surface area (Å²) in [4.78, 5) is 14.5. The van der Waals surface area contributed by atoms with Gasteiger partial charge in [-0.3, -0.25) is 4.79 Å². The Balaban J connectivity index is 1.75. The van der Waals surface area contributed by atoms with Crippen LogP contribution in [0.5, 0.6) is 0 Å². The van der Waals surface area contributed by atoms with Crippen molar-refractivity contribution >= 4 is 5.91 Å². The lowest BCUT2D eigenvalue weighted by molar-refractivity contribution is -0.135. The number of hydrogen-bond acceptors (Lipinski definition) is 4. The molecule has 0 bridgehead atoms. The van der Waals surface area contributed by atoms with E-state index < -0.39 is 6.10 Å². The summed E-state index contributed by atoms with van der Waals surface area (Å²) < 4.78 is 1.64. The molecule has 0 unspecified atom stereocenters. The van der Waals surface area contributed by atoms with E-state index in [0.29, 0.717) is 5.82 Å². The smallest absolute Gasteiger partial charge is 0.242 e. The molecule has 0 saturated carbocycles. The van der Waals surface area contributed by atoms with Crippen molar-refractivity contribution in [3.8, 4) is 0 Å². The summed E-state index contributed by atoms with van der Waals surface area (Å²) in [5, 5.41) is 18.4. The Morgan fingerprint density at radius 2 is 2.13 bits per heavy atom. The van der Waals surface area contributed by atoms with Crippen LogP contribution >= 0.6 is 0 Å². The summed E-state index contributed by atoms with van der Waals surface area (Å²) in [6.45, 7) is 3.05. The number of aromatic nitrogens is 3. The Labute approximate surface area is 135 Å². The predicted molar refractivity (Wildman–Crippen MR) is 85.6 cm³/mol. The minimum Gasteiger partial charge on any atom is -0.380 e. The highest BCUT2D eigenvalue weighted by atomic mass is 16.3. The highest BCUT2D eigenvalue weighted by Gasteiger charge is 2.25. The van der Waals surface area contributed by atoms with Crippen LogP contribution < -0.4 is 0 Å². The number of nitrogens with zero attached hydrogens (tertiary/aromatic N) is 4. The maximum atomic E-state index is 12.6. The quantitative estimate of drug-likeness (QED) is 0.933. The molecule has 1 fully saturated rings. The Morgan fingerprint density at radius 3 is 2.87 bits per heavy atom. The topological polar surface area (TPSA) is 71.2 Å². The normalized spacial score (nSPS) is 19.6. The van der Waals surface area contributed by atoms with Crippen LogP contribution in [0.15, 0.2) is 36.7 Å². The van der Waals surface area contributed by atoms with Crippen LogP contribution in [0.1, 0.15) is 43.7 Å². The highest BCUT2D eigenvalue weighted by Crippen LogP contribution is 2.21. The number of carbonyl (C=O) groups is 1. The van der Waals surface area contributed by atoms with Gasteiger partial charge in [0.25, 0.3) is 0 Å². The second-order valence-electron chi connectivity index (χ2n) is 6.06. The van der Waals surface area contributed by atoms with Gasteiger partial charge in [0, 0.05) is 12.6 Å². The maximum Gasteiger partial charge on any atom is 0.242 e. The van der Waals surface area contributed by atoms with Gasteiger partial charge in [-0.25, -0.2) is 0 Å². The summed E-state index contributed by atoms with van der Waals surface area (Å²) in [6, 6.07) is 9.55. The van der Waals surface area contributed by atoms with Crippen LogP contribution in [-0.4, -0.2) is 43.3 Å². The molecule has 2 heterocycles. The molecule has 1 saturated heterocycles. The molecule has 0 spiro atoms. The molecule has 6 heteroatoms. The molecule has 1 amide bonds. The van der Waals surface area contributed by atoms with Gasteiger partial charge < -0.3 is 14.6 Å². The van der Waals surface area contributed by atoms with Gasteiger partial charge in [-0.15, -0.1) is 10.2 Å². The van der Waals surface area contributed by atoms with Crippen molar-refractivity contribution in [1.29, 1.82) is 0 Å². The van der Waals surface area contributed by atoms with Crippen molar-refractivity contribution < 1.29 is 9.90 Å². The molecule has 23 heavy (non-hydrogen) atoms. The van der Waals surface area contributed by atoms with Crippen molar-refractivity contribution in [2.45, 2.75) is 44.9 Å². The number of piperidine rings is 1. The average molecular weight is 314 g/mol. The Bertz CT molecular complexity index is 656. The fourth-order valence-corrected chi connectivity index (χ4v) is 3.09. The number of amides is 1. The molecule has 1 N–H and O–H groups in total. The molecule has 2 aromatic rings. The summed E-state index contributed by atoms with van der Waals surface area (Å²) in [6.07, 6.45) is 3.90. The Kier molecular flexibility index (Phi) is 4.71. The molecule has 1 aromatic heterocycles. The highest BCUT2D eigenvalue weighted by molar-refractivity contribution is 5.76. The molecule has 0 radical (unpaired) electrons. The number of likely N-dealkylation sites (tertiary alicyclic amines) is 1. The summed E-state index contributed by atoms with van der Waals surface area (Å²) in [5.74, 6) is 0.452. The van der Waals surface area contributed by atoms with Crippen molar-refractivity contribution in [2.24, 2.45) is 0 Å². The number of rotatable bonds is 4. The van der Waals surface area contributed by atoms with Crippen LogP contribution in [0.4, 0.5) is 0 Å². The lowest BCUT2D eigenvalue weighted by atomic mass is 10.0. The second kappa shape index (κ2) is 6.91. The molecular formula is C17H22N4O2. The van der Waals surface area contributed by atoms with Gasteiger partial charge in [0.15, 0.2) is 5.82 Å². The van der Waals surface area contributed by atoms with Gasteiger partial charge >= 0.3 is 0 Å². The third-order valence-electron chi connectivity index (χ3n) is 4.43. The van der Waals surface area contributed by atoms with Gasteiger partial charge in [-0.05, 0) is 31.7 Å². The van der Waals surface area contributed by atoms with E-state index in [-0.39, 0.29) is 18.5 Å². The Morgan fingerprint density at radius 1 is 1.35 bits per heavy atom. The van der Waals surface area contributed by atoms with E-state index in [1.807, 2.05) is 35.2 Å². The zero-order valence-electron chi connectivity index (χ0n) is 13.3. The standard InChI is InChI=1S/C17H22N4O2/c1-13-7-5-6-10-21(13)15(22)11-20-12-18-19-17(20)16(23)14-8-3-2-4-9-14/h2-4,8-9,12-13,16,23H,5-7,10-11H2,1H3/t13-,16+/m1/s1. The molecule has 1 aliphatic heterocycles. The average Bonchev–Trinajstić information content (AvgIpc) is 3.03. The monoisotopic (exact) mass is 314 g/mol. The maximum absolute atomic E-state index is 12.6. The fraction of sp³-hybridized carbons (Fsp3) is 0.471. The molecule has 3 rings (SSSR count). The first-order valence-corrected chi connectivity index (χ1v) is 8.07. The van der Waals surface area contributed by atoms with Gasteiger partial charge in [0.1, 0.15) is 19.0 Å². The van der Waals surface area contributed by atoms with Crippen molar-refractivity contribution in [3.05, 3.63) is 48.0 Å². The Hall–Kier alpha value is -2.21. The first-order valence-electron chi connectivity index (χ1n) is 8.07. The van der Waals surface area contributed by atoms with E-state index in [0.717, 1.165) is 24.9 Å². The number of benzene rings is 1. The first kappa shape index (κ1) is 15.7. The molecule has 0 aliphatic carbocycles. The van der Waals surface area contributed by atoms with E-state index in [4.69, 9.17) is 0 Å². The van der Waals surface area contributed by atoms with E-state index in [2.05, 4.69) is 17.1 Å². The number of hydrogen-bond donors (Lipinski definition) is 1. The molecule has 1 aliphatic rings. The minimum absolute atomic E-state index is 0.0542. The van der Waals surface area contributed by atoms with Crippen LogP contribution in [-0.2, 0) is 11.3 Å². The molecule has 1 aromatic carbocycles. The summed E-state index contributed by atoms with van der Waals surface area (Å²) in [7, 11) is 0. The third-order valence-corrected chi connectivity index (χ3v) is 4.43. The molecule has 2 atom stereocenters. The first-order chi connectivity index (χ1) is 11.2. The van der Waals surface area contributed by atoms with Gasteiger partial charge in [-0.2, -0.15) is 0 Å². The van der Waals surface area contributed by atoms with Crippen molar-refractivity contribution in [2.75, 3.05) is 6.54 Å². The van der Waals surface area contributed by atoms with Gasteiger partial charge in [0.2, 0.25) is 5.91 Å². The van der Waals surface area contributed by atoms with Gasteiger partial charge in [-0.1, -0.05) is 30.3 Å².